The van der Waals surface area contributed by atoms with E-state index in [1.165, 1.54) is 0 Å². The summed E-state index contributed by atoms with van der Waals surface area (Å²) in [7, 11) is 0. The van der Waals surface area contributed by atoms with Gasteiger partial charge in [0.2, 0.25) is 11.8 Å². The van der Waals surface area contributed by atoms with Gasteiger partial charge in [-0.05, 0) is 19.4 Å². The molecule has 1 aromatic heterocycles. The molecule has 2 heterocycles. The van der Waals surface area contributed by atoms with Gasteiger partial charge in [0, 0.05) is 6.42 Å². The number of amides is 1. The molecule has 0 unspecified atom stereocenters. The topological polar surface area (TPSA) is 67.2 Å². The Kier molecular flexibility index (Phi) is 3.56. The van der Waals surface area contributed by atoms with Crippen LogP contribution in [0.25, 0.3) is 0 Å². The second-order valence-electron chi connectivity index (χ2n) is 3.94. The molecule has 16 heavy (non-hydrogen) atoms. The van der Waals surface area contributed by atoms with Crippen LogP contribution in [0.3, 0.4) is 0 Å². The van der Waals surface area contributed by atoms with Crippen molar-refractivity contribution < 1.29 is 9.21 Å². The molecule has 2 rings (SSSR count). The van der Waals surface area contributed by atoms with Crippen molar-refractivity contribution in [3.05, 3.63) is 17.8 Å². The minimum atomic E-state index is -0.0411. The molecule has 1 amide bonds. The zero-order valence-electron chi connectivity index (χ0n) is 9.45. The molecule has 0 radical (unpaired) electrons. The van der Waals surface area contributed by atoms with Gasteiger partial charge in [0.05, 0.1) is 18.8 Å². The van der Waals surface area contributed by atoms with E-state index in [1.54, 1.807) is 6.20 Å². The van der Waals surface area contributed by atoms with Crippen LogP contribution in [-0.2, 0) is 17.8 Å². The lowest BCUT2D eigenvalue weighted by Crippen LogP contribution is -2.40. The molecule has 0 saturated carbocycles. The van der Waals surface area contributed by atoms with Gasteiger partial charge in [-0.25, -0.2) is 4.98 Å². The van der Waals surface area contributed by atoms with E-state index in [0.717, 1.165) is 31.6 Å². The maximum absolute atomic E-state index is 11.7. The highest BCUT2D eigenvalue weighted by atomic mass is 16.4. The number of aromatic nitrogens is 1. The summed E-state index contributed by atoms with van der Waals surface area (Å²) in [5.41, 5.74) is 0. The molecule has 0 aromatic carbocycles. The van der Waals surface area contributed by atoms with Crippen molar-refractivity contribution in [3.8, 4) is 0 Å². The van der Waals surface area contributed by atoms with Crippen LogP contribution in [-0.4, -0.2) is 23.5 Å². The van der Waals surface area contributed by atoms with Crippen LogP contribution in [0.5, 0.6) is 0 Å². The summed E-state index contributed by atoms with van der Waals surface area (Å²) < 4.78 is 5.40. The number of rotatable bonds is 4. The Morgan fingerprint density at radius 3 is 3.25 bits per heavy atom. The molecule has 5 nitrogen and oxygen atoms in total. The second kappa shape index (κ2) is 5.12. The second-order valence-corrected chi connectivity index (χ2v) is 3.94. The molecule has 2 N–H and O–H groups in total. The lowest BCUT2D eigenvalue weighted by molar-refractivity contribution is -0.123. The number of oxazole rings is 1. The highest BCUT2D eigenvalue weighted by Gasteiger charge is 2.21. The Balaban J connectivity index is 1.80. The Bertz CT molecular complexity index is 356. The van der Waals surface area contributed by atoms with E-state index < -0.39 is 0 Å². The van der Waals surface area contributed by atoms with E-state index in [9.17, 15) is 4.79 Å². The monoisotopic (exact) mass is 223 g/mol. The smallest absolute Gasteiger partial charge is 0.237 e. The zero-order chi connectivity index (χ0) is 11.4. The predicted molar refractivity (Wildman–Crippen MR) is 58.8 cm³/mol. The molecule has 0 spiro atoms. The summed E-state index contributed by atoms with van der Waals surface area (Å²) in [6.07, 6.45) is 4.51. The molecule has 1 aromatic rings. The largest absolute Gasteiger partial charge is 0.444 e. The van der Waals surface area contributed by atoms with Crippen LogP contribution in [0.15, 0.2) is 10.6 Å². The van der Waals surface area contributed by atoms with Crippen LogP contribution < -0.4 is 10.6 Å². The molecular formula is C11H17N3O2. The van der Waals surface area contributed by atoms with Gasteiger partial charge in [0.15, 0.2) is 0 Å². The van der Waals surface area contributed by atoms with E-state index in [0.29, 0.717) is 12.4 Å². The minimum Gasteiger partial charge on any atom is -0.444 e. The fourth-order valence-electron chi connectivity index (χ4n) is 1.79. The Morgan fingerprint density at radius 2 is 2.62 bits per heavy atom. The predicted octanol–water partition coefficient (Wildman–Crippen LogP) is 0.605. The molecule has 1 aliphatic heterocycles. The average molecular weight is 223 g/mol. The summed E-state index contributed by atoms with van der Waals surface area (Å²) >= 11 is 0. The van der Waals surface area contributed by atoms with E-state index in [2.05, 4.69) is 15.6 Å². The van der Waals surface area contributed by atoms with E-state index >= 15 is 0 Å². The first kappa shape index (κ1) is 11.1. The van der Waals surface area contributed by atoms with Gasteiger partial charge in [-0.1, -0.05) is 6.92 Å². The minimum absolute atomic E-state index is 0.0359. The summed E-state index contributed by atoms with van der Waals surface area (Å²) in [6, 6.07) is -0.0411. The first-order valence-electron chi connectivity index (χ1n) is 5.74. The maximum atomic E-state index is 11.7. The van der Waals surface area contributed by atoms with Crippen LogP contribution in [0, 0.1) is 0 Å². The first-order chi connectivity index (χ1) is 7.79. The molecule has 0 bridgehead atoms. The molecular weight excluding hydrogens is 206 g/mol. The van der Waals surface area contributed by atoms with Crippen molar-refractivity contribution in [2.24, 2.45) is 0 Å². The number of hydrogen-bond donors (Lipinski definition) is 2. The van der Waals surface area contributed by atoms with Gasteiger partial charge >= 0.3 is 0 Å². The number of carbonyl (C=O) groups is 1. The molecule has 1 saturated heterocycles. The molecule has 0 aliphatic carbocycles. The normalized spacial score (nSPS) is 19.9. The van der Waals surface area contributed by atoms with Crippen molar-refractivity contribution in [1.82, 2.24) is 15.6 Å². The van der Waals surface area contributed by atoms with Crippen LogP contribution in [0.2, 0.25) is 0 Å². The van der Waals surface area contributed by atoms with Gasteiger partial charge in [-0.3, -0.25) is 4.79 Å². The van der Waals surface area contributed by atoms with Crippen molar-refractivity contribution in [3.63, 3.8) is 0 Å². The summed E-state index contributed by atoms with van der Waals surface area (Å²) in [5, 5.41) is 5.97. The van der Waals surface area contributed by atoms with Crippen LogP contribution in [0.4, 0.5) is 0 Å². The van der Waals surface area contributed by atoms with Gasteiger partial charge in [-0.15, -0.1) is 0 Å². The standard InChI is InChI=1S/C11H17N3O2/c1-2-8-6-13-10(16-8)7-14-11(15)9-4-3-5-12-9/h6,9,12H,2-5,7H2,1H3,(H,14,15)/t9-/m1/s1. The van der Waals surface area contributed by atoms with Crippen LogP contribution in [0.1, 0.15) is 31.4 Å². The third-order valence-corrected chi connectivity index (χ3v) is 2.74. The molecule has 1 aliphatic rings. The number of hydrogen-bond acceptors (Lipinski definition) is 4. The first-order valence-corrected chi connectivity index (χ1v) is 5.74. The molecule has 88 valence electrons. The molecule has 5 heteroatoms. The Labute approximate surface area is 94.6 Å². The third kappa shape index (κ3) is 2.61. The van der Waals surface area contributed by atoms with Gasteiger partial charge in [0.1, 0.15) is 5.76 Å². The quantitative estimate of drug-likeness (QED) is 0.784. The fraction of sp³-hybridized carbons (Fsp3) is 0.636. The van der Waals surface area contributed by atoms with E-state index in [-0.39, 0.29) is 11.9 Å². The average Bonchev–Trinajstić information content (AvgIpc) is 2.96. The van der Waals surface area contributed by atoms with Crippen molar-refractivity contribution in [2.45, 2.75) is 38.8 Å². The lowest BCUT2D eigenvalue weighted by Gasteiger charge is -2.09. The summed E-state index contributed by atoms with van der Waals surface area (Å²) in [6.45, 7) is 3.30. The van der Waals surface area contributed by atoms with Crippen molar-refractivity contribution in [2.75, 3.05) is 6.54 Å². The lowest BCUT2D eigenvalue weighted by atomic mass is 10.2. The third-order valence-electron chi connectivity index (χ3n) is 2.74. The van der Waals surface area contributed by atoms with E-state index in [1.807, 2.05) is 6.92 Å². The fourth-order valence-corrected chi connectivity index (χ4v) is 1.79. The van der Waals surface area contributed by atoms with E-state index in [4.69, 9.17) is 4.42 Å². The SMILES string of the molecule is CCc1cnc(CNC(=O)[C@H]2CCCN2)o1. The summed E-state index contributed by atoms with van der Waals surface area (Å²) in [5.74, 6) is 1.46. The Morgan fingerprint density at radius 1 is 1.75 bits per heavy atom. The van der Waals surface area contributed by atoms with Crippen LogP contribution >= 0.6 is 0 Å². The number of aryl methyl sites for hydroxylation is 1. The highest BCUT2D eigenvalue weighted by molar-refractivity contribution is 5.81. The van der Waals surface area contributed by atoms with Crippen molar-refractivity contribution in [1.29, 1.82) is 0 Å². The van der Waals surface area contributed by atoms with Gasteiger partial charge in [0.25, 0.3) is 0 Å². The number of carbonyl (C=O) groups excluding carboxylic acids is 1. The van der Waals surface area contributed by atoms with Gasteiger partial charge < -0.3 is 15.1 Å². The zero-order valence-corrected chi connectivity index (χ0v) is 9.45. The molecule has 1 atom stereocenters. The number of nitrogens with zero attached hydrogens (tertiary/aromatic N) is 1. The summed E-state index contributed by atoms with van der Waals surface area (Å²) in [4.78, 5) is 15.7. The Hall–Kier alpha value is -1.36. The maximum Gasteiger partial charge on any atom is 0.237 e. The molecule has 1 fully saturated rings. The van der Waals surface area contributed by atoms with Crippen molar-refractivity contribution >= 4 is 5.91 Å². The number of nitrogens with one attached hydrogen (secondary N) is 2. The van der Waals surface area contributed by atoms with Gasteiger partial charge in [-0.2, -0.15) is 0 Å². The highest BCUT2D eigenvalue weighted by Crippen LogP contribution is 2.06.